The molecule has 3 rings (SSSR count). The molecule has 3 amide bonds. The van der Waals surface area contributed by atoms with Crippen LogP contribution in [0.3, 0.4) is 0 Å². The molecule has 0 unspecified atom stereocenters. The summed E-state index contributed by atoms with van der Waals surface area (Å²) in [5.41, 5.74) is 0.443. The van der Waals surface area contributed by atoms with Crippen LogP contribution >= 0.6 is 11.3 Å². The Balaban J connectivity index is 1.93. The molecule has 2 aliphatic heterocycles. The minimum atomic E-state index is -0.979. The van der Waals surface area contributed by atoms with Crippen molar-refractivity contribution in [1.82, 2.24) is 10.2 Å². The van der Waals surface area contributed by atoms with Crippen molar-refractivity contribution < 1.29 is 19.1 Å². The van der Waals surface area contributed by atoms with Crippen LogP contribution in [0.25, 0.3) is 0 Å². The Morgan fingerprint density at radius 2 is 2.15 bits per heavy atom. The fourth-order valence-corrected chi connectivity index (χ4v) is 3.57. The van der Waals surface area contributed by atoms with E-state index in [0.717, 1.165) is 5.56 Å². The fraction of sp³-hybridized carbons (Fsp3) is 0.462. The van der Waals surface area contributed by atoms with Gasteiger partial charge < -0.3 is 9.64 Å². The lowest BCUT2D eigenvalue weighted by molar-refractivity contribution is -0.142. The molecule has 0 spiro atoms. The second-order valence-corrected chi connectivity index (χ2v) is 6.00. The van der Waals surface area contributed by atoms with Gasteiger partial charge in [-0.1, -0.05) is 0 Å². The van der Waals surface area contributed by atoms with Crippen molar-refractivity contribution in [2.24, 2.45) is 0 Å². The molecule has 0 aromatic carbocycles. The summed E-state index contributed by atoms with van der Waals surface area (Å²) in [6.45, 7) is 2.05. The molecule has 0 bridgehead atoms. The second-order valence-electron chi connectivity index (χ2n) is 5.16. The third kappa shape index (κ3) is 1.66. The largest absolute Gasteiger partial charge is 0.487 e. The number of amides is 3. The molecule has 0 saturated carbocycles. The Bertz CT molecular complexity index is 624. The van der Waals surface area contributed by atoms with Crippen LogP contribution in [0.15, 0.2) is 5.38 Å². The van der Waals surface area contributed by atoms with Crippen molar-refractivity contribution in [3.05, 3.63) is 16.5 Å². The van der Waals surface area contributed by atoms with E-state index in [1.165, 1.54) is 16.2 Å². The molecular formula is C13H14N2O4S. The van der Waals surface area contributed by atoms with E-state index in [4.69, 9.17) is 4.74 Å². The molecule has 1 atom stereocenters. The number of fused-ring (bicyclic) bond motifs is 1. The number of piperidine rings is 1. The molecule has 3 heterocycles. The average molecular weight is 294 g/mol. The molecule has 1 aromatic rings. The monoisotopic (exact) mass is 294 g/mol. The first-order valence-electron chi connectivity index (χ1n) is 6.28. The molecule has 0 radical (unpaired) electrons. The highest BCUT2D eigenvalue weighted by Crippen LogP contribution is 2.41. The number of ether oxygens (including phenoxy) is 1. The van der Waals surface area contributed by atoms with Crippen LogP contribution in [0.1, 0.15) is 35.7 Å². The van der Waals surface area contributed by atoms with E-state index >= 15 is 0 Å². The molecule has 1 fully saturated rings. The first-order valence-corrected chi connectivity index (χ1v) is 7.16. The molecule has 1 N–H and O–H groups in total. The maximum atomic E-state index is 12.5. The van der Waals surface area contributed by atoms with E-state index in [1.54, 1.807) is 19.4 Å². The third-order valence-corrected chi connectivity index (χ3v) is 4.99. The van der Waals surface area contributed by atoms with Gasteiger partial charge in [0.15, 0.2) is 5.06 Å². The normalized spacial score (nSPS) is 25.7. The van der Waals surface area contributed by atoms with Crippen LogP contribution in [0.2, 0.25) is 0 Å². The molecule has 20 heavy (non-hydrogen) atoms. The maximum Gasteiger partial charge on any atom is 0.256 e. The summed E-state index contributed by atoms with van der Waals surface area (Å²) in [7, 11) is 1.56. The van der Waals surface area contributed by atoms with Gasteiger partial charge in [-0.05, 0) is 13.3 Å². The number of methoxy groups -OCH3 is 1. The number of hydrogen-bond donors (Lipinski definition) is 1. The molecule has 6 nitrogen and oxygen atoms in total. The number of carbonyl (C=O) groups excluding carboxylic acids is 3. The summed E-state index contributed by atoms with van der Waals surface area (Å²) in [6, 6.07) is 0. The summed E-state index contributed by atoms with van der Waals surface area (Å²) in [5.74, 6) is -0.868. The van der Waals surface area contributed by atoms with E-state index < -0.39 is 11.4 Å². The van der Waals surface area contributed by atoms with E-state index in [-0.39, 0.29) is 18.2 Å². The molecule has 106 valence electrons. The summed E-state index contributed by atoms with van der Waals surface area (Å²) in [6.07, 6.45) is 0.593. The van der Waals surface area contributed by atoms with Gasteiger partial charge in [0.2, 0.25) is 5.91 Å². The zero-order valence-electron chi connectivity index (χ0n) is 11.2. The van der Waals surface area contributed by atoms with Gasteiger partial charge in [-0.15, -0.1) is 11.3 Å². The minimum Gasteiger partial charge on any atom is -0.487 e. The molecule has 1 aromatic heterocycles. The zero-order chi connectivity index (χ0) is 14.5. The Hall–Kier alpha value is -1.89. The van der Waals surface area contributed by atoms with Crippen molar-refractivity contribution >= 4 is 29.1 Å². The van der Waals surface area contributed by atoms with Crippen LogP contribution < -0.4 is 10.1 Å². The van der Waals surface area contributed by atoms with Crippen molar-refractivity contribution in [2.45, 2.75) is 31.8 Å². The number of rotatable bonds is 2. The number of nitrogens with zero attached hydrogens (tertiary/aromatic N) is 1. The van der Waals surface area contributed by atoms with E-state index in [0.29, 0.717) is 23.6 Å². The maximum absolute atomic E-state index is 12.5. The zero-order valence-corrected chi connectivity index (χ0v) is 12.0. The Kier molecular flexibility index (Phi) is 2.82. The fourth-order valence-electron chi connectivity index (χ4n) is 2.69. The number of imide groups is 1. The highest BCUT2D eigenvalue weighted by molar-refractivity contribution is 7.12. The van der Waals surface area contributed by atoms with E-state index in [9.17, 15) is 14.4 Å². The van der Waals surface area contributed by atoms with Gasteiger partial charge in [0, 0.05) is 17.4 Å². The number of hydrogen-bond acceptors (Lipinski definition) is 5. The Morgan fingerprint density at radius 1 is 1.40 bits per heavy atom. The van der Waals surface area contributed by atoms with Gasteiger partial charge in [0.25, 0.3) is 11.8 Å². The number of carbonyl (C=O) groups is 3. The van der Waals surface area contributed by atoms with Crippen LogP contribution in [-0.4, -0.2) is 35.3 Å². The third-order valence-electron chi connectivity index (χ3n) is 4.01. The first-order chi connectivity index (χ1) is 9.47. The molecule has 0 aliphatic carbocycles. The summed E-state index contributed by atoms with van der Waals surface area (Å²) in [4.78, 5) is 37.4. The average Bonchev–Trinajstić information content (AvgIpc) is 2.95. The lowest BCUT2D eigenvalue weighted by Crippen LogP contribution is -2.61. The van der Waals surface area contributed by atoms with Crippen LogP contribution in [0.5, 0.6) is 5.06 Å². The summed E-state index contributed by atoms with van der Waals surface area (Å²) in [5, 5.41) is 4.77. The summed E-state index contributed by atoms with van der Waals surface area (Å²) >= 11 is 1.38. The van der Waals surface area contributed by atoms with Gasteiger partial charge in [0.1, 0.15) is 5.54 Å². The predicted molar refractivity (Wildman–Crippen MR) is 71.5 cm³/mol. The predicted octanol–water partition coefficient (Wildman–Crippen LogP) is 0.908. The van der Waals surface area contributed by atoms with Gasteiger partial charge >= 0.3 is 0 Å². The van der Waals surface area contributed by atoms with Crippen molar-refractivity contribution in [1.29, 1.82) is 0 Å². The highest BCUT2D eigenvalue weighted by atomic mass is 32.1. The van der Waals surface area contributed by atoms with E-state index in [1.807, 2.05) is 0 Å². The molecule has 7 heteroatoms. The SMILES string of the molecule is COc1scc2c1CN([C@]1(C)CCC(=O)NC1=O)C2=O. The van der Waals surface area contributed by atoms with Crippen molar-refractivity contribution in [2.75, 3.05) is 7.11 Å². The molecular weight excluding hydrogens is 280 g/mol. The van der Waals surface area contributed by atoms with Gasteiger partial charge in [-0.2, -0.15) is 0 Å². The Morgan fingerprint density at radius 3 is 2.80 bits per heavy atom. The number of nitrogens with one attached hydrogen (secondary N) is 1. The second kappa shape index (κ2) is 4.31. The first kappa shape index (κ1) is 13.1. The van der Waals surface area contributed by atoms with Crippen molar-refractivity contribution in [3.63, 3.8) is 0 Å². The topological polar surface area (TPSA) is 75.7 Å². The lowest BCUT2D eigenvalue weighted by Gasteiger charge is -2.39. The Labute approximate surface area is 119 Å². The minimum absolute atomic E-state index is 0.174. The van der Waals surface area contributed by atoms with Crippen LogP contribution in [0, 0.1) is 0 Å². The van der Waals surface area contributed by atoms with Gasteiger partial charge in [0.05, 0.1) is 19.2 Å². The quantitative estimate of drug-likeness (QED) is 0.823. The number of thiophene rings is 1. The van der Waals surface area contributed by atoms with Gasteiger partial charge in [-0.25, -0.2) is 0 Å². The summed E-state index contributed by atoms with van der Waals surface area (Å²) < 4.78 is 5.24. The van der Waals surface area contributed by atoms with Gasteiger partial charge in [-0.3, -0.25) is 19.7 Å². The molecule has 1 saturated heterocycles. The molecule has 2 aliphatic rings. The van der Waals surface area contributed by atoms with Crippen LogP contribution in [-0.2, 0) is 16.1 Å². The van der Waals surface area contributed by atoms with E-state index in [2.05, 4.69) is 5.32 Å². The highest BCUT2D eigenvalue weighted by Gasteiger charge is 2.49. The standard InChI is InChI=1S/C13H14N2O4S/c1-13(4-3-9(16)14-12(13)18)15-5-7-8(10(15)17)6-20-11(7)19-2/h6H,3-5H2,1-2H3,(H,14,16,18)/t13-/m1/s1. The van der Waals surface area contributed by atoms with Crippen LogP contribution in [0.4, 0.5) is 0 Å². The lowest BCUT2D eigenvalue weighted by atomic mass is 9.89. The van der Waals surface area contributed by atoms with Crippen molar-refractivity contribution in [3.8, 4) is 5.06 Å². The smallest absolute Gasteiger partial charge is 0.256 e.